The van der Waals surface area contributed by atoms with Gasteiger partial charge in [0.1, 0.15) is 5.75 Å². The maximum absolute atomic E-state index is 5.70. The van der Waals surface area contributed by atoms with Crippen LogP contribution in [0.4, 0.5) is 0 Å². The Kier molecular flexibility index (Phi) is 3.91. The van der Waals surface area contributed by atoms with E-state index in [1.54, 1.807) is 11.3 Å². The van der Waals surface area contributed by atoms with Crippen LogP contribution in [0.3, 0.4) is 0 Å². The molecule has 0 radical (unpaired) electrons. The zero-order valence-corrected chi connectivity index (χ0v) is 13.1. The van der Waals surface area contributed by atoms with Gasteiger partial charge in [0.05, 0.1) is 10.4 Å². The van der Waals surface area contributed by atoms with E-state index in [1.807, 2.05) is 6.07 Å². The second-order valence-electron chi connectivity index (χ2n) is 4.76. The number of rotatable bonds is 3. The number of hydrogen-bond acceptors (Lipinski definition) is 3. The Labute approximate surface area is 125 Å². The molecule has 1 aliphatic rings. The highest BCUT2D eigenvalue weighted by Crippen LogP contribution is 2.34. The topological polar surface area (TPSA) is 21.3 Å². The van der Waals surface area contributed by atoms with Crippen LogP contribution < -0.4 is 10.1 Å². The number of halogens is 1. The lowest BCUT2D eigenvalue weighted by atomic mass is 9.99. The Morgan fingerprint density at radius 2 is 2.16 bits per heavy atom. The van der Waals surface area contributed by atoms with Gasteiger partial charge in [-0.1, -0.05) is 18.2 Å². The van der Waals surface area contributed by atoms with Gasteiger partial charge in [0, 0.05) is 28.9 Å². The van der Waals surface area contributed by atoms with E-state index in [1.165, 1.54) is 14.2 Å². The molecular weight excluding hydrogens is 322 g/mol. The van der Waals surface area contributed by atoms with Crippen molar-refractivity contribution < 1.29 is 4.74 Å². The van der Waals surface area contributed by atoms with E-state index in [0.717, 1.165) is 18.8 Å². The molecule has 2 atom stereocenters. The SMILES string of the molecule is CC(NC1CCOc2ccccc21)c1ccc(Br)s1. The van der Waals surface area contributed by atoms with Crippen LogP contribution in [0.25, 0.3) is 0 Å². The minimum absolute atomic E-state index is 0.354. The van der Waals surface area contributed by atoms with E-state index in [-0.39, 0.29) is 0 Å². The van der Waals surface area contributed by atoms with Crippen molar-refractivity contribution in [1.29, 1.82) is 0 Å². The molecule has 0 saturated carbocycles. The molecule has 0 bridgehead atoms. The Balaban J connectivity index is 1.77. The van der Waals surface area contributed by atoms with E-state index in [9.17, 15) is 0 Å². The Hall–Kier alpha value is -0.840. The Morgan fingerprint density at radius 3 is 2.95 bits per heavy atom. The van der Waals surface area contributed by atoms with Crippen LogP contribution in [0.5, 0.6) is 5.75 Å². The van der Waals surface area contributed by atoms with Crippen molar-refractivity contribution in [3.63, 3.8) is 0 Å². The van der Waals surface area contributed by atoms with Crippen LogP contribution in [0, 0.1) is 0 Å². The molecule has 2 unspecified atom stereocenters. The van der Waals surface area contributed by atoms with E-state index < -0.39 is 0 Å². The zero-order valence-electron chi connectivity index (χ0n) is 10.7. The first-order chi connectivity index (χ1) is 9.24. The van der Waals surface area contributed by atoms with Crippen LogP contribution in [0.2, 0.25) is 0 Å². The van der Waals surface area contributed by atoms with Crippen molar-refractivity contribution in [2.75, 3.05) is 6.61 Å². The van der Waals surface area contributed by atoms with Gasteiger partial charge in [0.25, 0.3) is 0 Å². The summed E-state index contributed by atoms with van der Waals surface area (Å²) in [4.78, 5) is 1.36. The molecule has 0 saturated heterocycles. The van der Waals surface area contributed by atoms with Crippen LogP contribution in [-0.4, -0.2) is 6.61 Å². The van der Waals surface area contributed by atoms with E-state index in [4.69, 9.17) is 4.74 Å². The fourth-order valence-electron chi connectivity index (χ4n) is 2.46. The van der Waals surface area contributed by atoms with Crippen molar-refractivity contribution in [2.24, 2.45) is 0 Å². The van der Waals surface area contributed by atoms with Crippen LogP contribution >= 0.6 is 27.3 Å². The van der Waals surface area contributed by atoms with Gasteiger partial charge in [0.15, 0.2) is 0 Å². The molecule has 2 aromatic rings. The van der Waals surface area contributed by atoms with Gasteiger partial charge >= 0.3 is 0 Å². The van der Waals surface area contributed by atoms with Gasteiger partial charge in [-0.05, 0) is 41.1 Å². The molecule has 1 aliphatic heterocycles. The summed E-state index contributed by atoms with van der Waals surface area (Å²) in [5.74, 6) is 1.02. The molecule has 4 heteroatoms. The predicted molar refractivity (Wildman–Crippen MR) is 82.9 cm³/mol. The molecule has 1 aromatic heterocycles. The fraction of sp³-hybridized carbons (Fsp3) is 0.333. The van der Waals surface area contributed by atoms with Gasteiger partial charge in [-0.25, -0.2) is 0 Å². The molecular formula is C15H16BrNOS. The molecule has 0 amide bonds. The lowest BCUT2D eigenvalue weighted by Crippen LogP contribution is -2.28. The highest BCUT2D eigenvalue weighted by molar-refractivity contribution is 9.11. The lowest BCUT2D eigenvalue weighted by Gasteiger charge is -2.29. The minimum Gasteiger partial charge on any atom is -0.493 e. The number of fused-ring (bicyclic) bond motifs is 1. The Morgan fingerprint density at radius 1 is 1.32 bits per heavy atom. The van der Waals surface area contributed by atoms with E-state index >= 15 is 0 Å². The third-order valence-corrected chi connectivity index (χ3v) is 5.24. The smallest absolute Gasteiger partial charge is 0.124 e. The molecule has 100 valence electrons. The summed E-state index contributed by atoms with van der Waals surface area (Å²) in [7, 11) is 0. The van der Waals surface area contributed by atoms with E-state index in [2.05, 4.69) is 58.5 Å². The lowest BCUT2D eigenvalue weighted by molar-refractivity contribution is 0.246. The first kappa shape index (κ1) is 13.2. The standard InChI is InChI=1S/C15H16BrNOS/c1-10(14-6-7-15(16)19-14)17-12-8-9-18-13-5-3-2-4-11(12)13/h2-7,10,12,17H,8-9H2,1H3. The highest BCUT2D eigenvalue weighted by Gasteiger charge is 2.23. The van der Waals surface area contributed by atoms with Gasteiger partial charge in [0.2, 0.25) is 0 Å². The first-order valence-corrected chi connectivity index (χ1v) is 8.08. The molecule has 2 heterocycles. The zero-order chi connectivity index (χ0) is 13.2. The van der Waals surface area contributed by atoms with Crippen molar-refractivity contribution in [3.05, 3.63) is 50.6 Å². The molecule has 3 rings (SSSR count). The summed E-state index contributed by atoms with van der Waals surface area (Å²) < 4.78 is 6.88. The molecule has 19 heavy (non-hydrogen) atoms. The Bertz CT molecular complexity index is 569. The number of ether oxygens (including phenoxy) is 1. The van der Waals surface area contributed by atoms with Gasteiger partial charge < -0.3 is 10.1 Å². The first-order valence-electron chi connectivity index (χ1n) is 6.47. The second kappa shape index (κ2) is 5.65. The molecule has 0 fully saturated rings. The molecule has 2 nitrogen and oxygen atoms in total. The van der Waals surface area contributed by atoms with Crippen molar-refractivity contribution >= 4 is 27.3 Å². The number of thiophene rings is 1. The largest absolute Gasteiger partial charge is 0.493 e. The van der Waals surface area contributed by atoms with Crippen LogP contribution in [0.15, 0.2) is 40.2 Å². The van der Waals surface area contributed by atoms with Crippen LogP contribution in [0.1, 0.15) is 35.9 Å². The fourth-order valence-corrected chi connectivity index (χ4v) is 3.90. The third kappa shape index (κ3) is 2.86. The quantitative estimate of drug-likeness (QED) is 0.877. The summed E-state index contributed by atoms with van der Waals surface area (Å²) in [6.07, 6.45) is 1.02. The number of benzene rings is 1. The number of para-hydroxylation sites is 1. The maximum Gasteiger partial charge on any atom is 0.124 e. The summed E-state index contributed by atoms with van der Waals surface area (Å²) >= 11 is 5.31. The normalized spacial score (nSPS) is 19.6. The summed E-state index contributed by atoms with van der Waals surface area (Å²) in [6.45, 7) is 3.01. The molecule has 1 aromatic carbocycles. The molecule has 0 spiro atoms. The van der Waals surface area contributed by atoms with Crippen molar-refractivity contribution in [2.45, 2.75) is 25.4 Å². The average molecular weight is 338 g/mol. The van der Waals surface area contributed by atoms with Gasteiger partial charge in [-0.15, -0.1) is 11.3 Å². The predicted octanol–water partition coefficient (Wildman–Crippen LogP) is 4.69. The summed E-state index contributed by atoms with van der Waals surface area (Å²) in [5.41, 5.74) is 1.27. The maximum atomic E-state index is 5.70. The van der Waals surface area contributed by atoms with E-state index in [0.29, 0.717) is 12.1 Å². The summed E-state index contributed by atoms with van der Waals surface area (Å²) in [6, 6.07) is 13.3. The van der Waals surface area contributed by atoms with Crippen molar-refractivity contribution in [1.82, 2.24) is 5.32 Å². The van der Waals surface area contributed by atoms with Gasteiger partial charge in [-0.3, -0.25) is 0 Å². The third-order valence-electron chi connectivity index (χ3n) is 3.43. The second-order valence-corrected chi connectivity index (χ2v) is 7.25. The van der Waals surface area contributed by atoms with Gasteiger partial charge in [-0.2, -0.15) is 0 Å². The number of nitrogens with one attached hydrogen (secondary N) is 1. The van der Waals surface area contributed by atoms with Crippen molar-refractivity contribution in [3.8, 4) is 5.75 Å². The minimum atomic E-state index is 0.354. The number of hydrogen-bond donors (Lipinski definition) is 1. The molecule has 1 N–H and O–H groups in total. The van der Waals surface area contributed by atoms with Crippen LogP contribution in [-0.2, 0) is 0 Å². The highest BCUT2D eigenvalue weighted by atomic mass is 79.9. The monoisotopic (exact) mass is 337 g/mol. The average Bonchev–Trinajstić information content (AvgIpc) is 2.86. The molecule has 0 aliphatic carbocycles. The summed E-state index contributed by atoms with van der Waals surface area (Å²) in [5, 5.41) is 3.71.